The van der Waals surface area contributed by atoms with Crippen molar-refractivity contribution in [2.45, 2.75) is 38.4 Å². The van der Waals surface area contributed by atoms with Crippen LogP contribution >= 0.6 is 0 Å². The predicted molar refractivity (Wildman–Crippen MR) is 51.7 cm³/mol. The molecule has 1 saturated carbocycles. The fourth-order valence-corrected chi connectivity index (χ4v) is 1.95. The minimum atomic E-state index is -4.21. The van der Waals surface area contributed by atoms with Crippen molar-refractivity contribution in [2.24, 2.45) is 5.92 Å². The molecule has 90 valence electrons. The summed E-state index contributed by atoms with van der Waals surface area (Å²) in [5.74, 6) is 0.632. The molecule has 1 rings (SSSR count). The van der Waals surface area contributed by atoms with E-state index in [0.29, 0.717) is 18.5 Å². The van der Waals surface area contributed by atoms with E-state index >= 15 is 0 Å². The monoisotopic (exact) mass is 225 g/mol. The van der Waals surface area contributed by atoms with Crippen LogP contribution in [0, 0.1) is 5.92 Å². The third kappa shape index (κ3) is 5.37. The lowest BCUT2D eigenvalue weighted by Crippen LogP contribution is -2.34. The van der Waals surface area contributed by atoms with Crippen LogP contribution in [0.5, 0.6) is 0 Å². The van der Waals surface area contributed by atoms with E-state index in [9.17, 15) is 13.2 Å². The average molecular weight is 225 g/mol. The van der Waals surface area contributed by atoms with Crippen molar-refractivity contribution >= 4 is 0 Å². The summed E-state index contributed by atoms with van der Waals surface area (Å²) in [6.07, 6.45) is -0.662. The average Bonchev–Trinajstić information content (AvgIpc) is 2.49. The maximum atomic E-state index is 11.7. The van der Waals surface area contributed by atoms with Crippen LogP contribution in [0.4, 0.5) is 13.2 Å². The molecule has 15 heavy (non-hydrogen) atoms. The van der Waals surface area contributed by atoms with Gasteiger partial charge in [0.1, 0.15) is 6.61 Å². The van der Waals surface area contributed by atoms with Crippen LogP contribution < -0.4 is 5.32 Å². The molecule has 0 aromatic heterocycles. The quantitative estimate of drug-likeness (QED) is 0.725. The van der Waals surface area contributed by atoms with E-state index in [1.807, 2.05) is 0 Å². The zero-order valence-electron chi connectivity index (χ0n) is 8.94. The summed E-state index contributed by atoms with van der Waals surface area (Å²) in [5.41, 5.74) is 0. The highest BCUT2D eigenvalue weighted by Crippen LogP contribution is 2.24. The van der Waals surface area contributed by atoms with E-state index in [0.717, 1.165) is 6.42 Å². The van der Waals surface area contributed by atoms with Gasteiger partial charge in [0.05, 0.1) is 6.61 Å². The van der Waals surface area contributed by atoms with Gasteiger partial charge in [-0.2, -0.15) is 13.2 Å². The second-order valence-electron chi connectivity index (χ2n) is 4.14. The van der Waals surface area contributed by atoms with Crippen molar-refractivity contribution in [1.29, 1.82) is 0 Å². The zero-order valence-corrected chi connectivity index (χ0v) is 8.94. The molecule has 0 amide bonds. The molecule has 0 spiro atoms. The molecule has 1 N–H and O–H groups in total. The third-order valence-corrected chi connectivity index (χ3v) is 2.78. The molecule has 5 heteroatoms. The van der Waals surface area contributed by atoms with Gasteiger partial charge in [-0.25, -0.2) is 0 Å². The number of alkyl halides is 3. The summed E-state index contributed by atoms with van der Waals surface area (Å²) >= 11 is 0. The van der Waals surface area contributed by atoms with Gasteiger partial charge < -0.3 is 10.1 Å². The maximum Gasteiger partial charge on any atom is 0.411 e. The second kappa shape index (κ2) is 5.70. The third-order valence-electron chi connectivity index (χ3n) is 2.78. The Morgan fingerprint density at radius 1 is 1.33 bits per heavy atom. The Morgan fingerprint density at radius 3 is 2.60 bits per heavy atom. The molecular formula is C10H18F3NO. The standard InChI is InChI=1S/C10H18F3NO/c1-8-3-2-4-9(8)14-5-6-15-7-10(11,12)13/h8-9,14H,2-7H2,1H3. The van der Waals surface area contributed by atoms with Gasteiger partial charge in [0.15, 0.2) is 0 Å². The topological polar surface area (TPSA) is 21.3 Å². The van der Waals surface area contributed by atoms with Crippen LogP contribution in [-0.4, -0.2) is 32.0 Å². The van der Waals surface area contributed by atoms with Crippen LogP contribution in [-0.2, 0) is 4.74 Å². The van der Waals surface area contributed by atoms with Gasteiger partial charge in [0.25, 0.3) is 0 Å². The van der Waals surface area contributed by atoms with Crippen LogP contribution in [0.3, 0.4) is 0 Å². The summed E-state index contributed by atoms with van der Waals surface area (Å²) in [7, 11) is 0. The van der Waals surface area contributed by atoms with Gasteiger partial charge in [0, 0.05) is 12.6 Å². The van der Waals surface area contributed by atoms with Crippen molar-refractivity contribution < 1.29 is 17.9 Å². The lowest BCUT2D eigenvalue weighted by atomic mass is 10.1. The Kier molecular flexibility index (Phi) is 4.86. The van der Waals surface area contributed by atoms with Crippen molar-refractivity contribution in [1.82, 2.24) is 5.32 Å². The lowest BCUT2D eigenvalue weighted by molar-refractivity contribution is -0.173. The Hall–Kier alpha value is -0.290. The first-order valence-electron chi connectivity index (χ1n) is 5.37. The van der Waals surface area contributed by atoms with E-state index in [1.165, 1.54) is 12.8 Å². The molecule has 0 aliphatic heterocycles. The molecule has 1 aliphatic rings. The van der Waals surface area contributed by atoms with Crippen LogP contribution in [0.1, 0.15) is 26.2 Å². The summed E-state index contributed by atoms with van der Waals surface area (Å²) in [6, 6.07) is 0.458. The largest absolute Gasteiger partial charge is 0.411 e. The number of rotatable bonds is 5. The van der Waals surface area contributed by atoms with Gasteiger partial charge in [-0.05, 0) is 18.8 Å². The highest BCUT2D eigenvalue weighted by atomic mass is 19.4. The highest BCUT2D eigenvalue weighted by Gasteiger charge is 2.27. The molecule has 1 aliphatic carbocycles. The molecular weight excluding hydrogens is 207 g/mol. The fourth-order valence-electron chi connectivity index (χ4n) is 1.95. The van der Waals surface area contributed by atoms with Crippen molar-refractivity contribution in [3.05, 3.63) is 0 Å². The first kappa shape index (κ1) is 12.8. The Morgan fingerprint density at radius 2 is 2.07 bits per heavy atom. The van der Waals surface area contributed by atoms with Crippen molar-refractivity contribution in [3.63, 3.8) is 0 Å². The molecule has 0 radical (unpaired) electrons. The molecule has 2 nitrogen and oxygen atoms in total. The Bertz CT molecular complexity index is 184. The smallest absolute Gasteiger partial charge is 0.371 e. The van der Waals surface area contributed by atoms with Crippen LogP contribution in [0.25, 0.3) is 0 Å². The molecule has 1 fully saturated rings. The molecule has 0 bridgehead atoms. The number of ether oxygens (including phenoxy) is 1. The SMILES string of the molecule is CC1CCCC1NCCOCC(F)(F)F. The summed E-state index contributed by atoms with van der Waals surface area (Å²) in [6.45, 7) is 1.66. The zero-order chi connectivity index (χ0) is 11.3. The van der Waals surface area contributed by atoms with E-state index in [4.69, 9.17) is 0 Å². The van der Waals surface area contributed by atoms with E-state index in [2.05, 4.69) is 17.0 Å². The summed E-state index contributed by atoms with van der Waals surface area (Å²) in [5, 5.41) is 3.23. The second-order valence-corrected chi connectivity index (χ2v) is 4.14. The Labute approximate surface area is 88.2 Å². The van der Waals surface area contributed by atoms with Crippen LogP contribution in [0.2, 0.25) is 0 Å². The van der Waals surface area contributed by atoms with E-state index in [1.54, 1.807) is 0 Å². The fraction of sp³-hybridized carbons (Fsp3) is 1.00. The Balaban J connectivity index is 1.97. The highest BCUT2D eigenvalue weighted by molar-refractivity contribution is 4.79. The summed E-state index contributed by atoms with van der Waals surface area (Å²) in [4.78, 5) is 0. The molecule has 0 heterocycles. The van der Waals surface area contributed by atoms with Crippen LogP contribution in [0.15, 0.2) is 0 Å². The minimum Gasteiger partial charge on any atom is -0.371 e. The van der Waals surface area contributed by atoms with E-state index < -0.39 is 12.8 Å². The van der Waals surface area contributed by atoms with Gasteiger partial charge in [-0.1, -0.05) is 13.3 Å². The molecule has 2 unspecified atom stereocenters. The van der Waals surface area contributed by atoms with Gasteiger partial charge >= 0.3 is 6.18 Å². The first-order chi connectivity index (χ1) is 6.99. The number of hydrogen-bond acceptors (Lipinski definition) is 2. The minimum absolute atomic E-state index is 0.128. The molecule has 0 aromatic rings. The number of halogens is 3. The van der Waals surface area contributed by atoms with Crippen molar-refractivity contribution in [2.75, 3.05) is 19.8 Å². The first-order valence-corrected chi connectivity index (χ1v) is 5.37. The summed E-state index contributed by atoms with van der Waals surface area (Å²) < 4.78 is 39.6. The van der Waals surface area contributed by atoms with Crippen molar-refractivity contribution in [3.8, 4) is 0 Å². The molecule has 0 saturated heterocycles. The van der Waals surface area contributed by atoms with Gasteiger partial charge in [-0.15, -0.1) is 0 Å². The van der Waals surface area contributed by atoms with Gasteiger partial charge in [0.2, 0.25) is 0 Å². The maximum absolute atomic E-state index is 11.7. The predicted octanol–water partition coefficient (Wildman–Crippen LogP) is 2.34. The lowest BCUT2D eigenvalue weighted by Gasteiger charge is -2.17. The normalized spacial score (nSPS) is 27.2. The number of nitrogens with one attached hydrogen (secondary N) is 1. The van der Waals surface area contributed by atoms with Gasteiger partial charge in [-0.3, -0.25) is 0 Å². The molecule has 2 atom stereocenters. The number of hydrogen-bond donors (Lipinski definition) is 1. The van der Waals surface area contributed by atoms with E-state index in [-0.39, 0.29) is 6.61 Å². The molecule has 0 aromatic carbocycles.